The molecule has 1 aliphatic heterocycles. The first-order valence-electron chi connectivity index (χ1n) is 10.6. The second-order valence-corrected chi connectivity index (χ2v) is 8.04. The van der Waals surface area contributed by atoms with Crippen LogP contribution in [0.3, 0.4) is 0 Å². The van der Waals surface area contributed by atoms with Crippen molar-refractivity contribution in [1.82, 2.24) is 5.32 Å². The number of halogens is 1. The maximum absolute atomic E-state index is 13.3. The maximum Gasteiger partial charge on any atom is 0.312 e. The fraction of sp³-hybridized carbons (Fsp3) is 0.375. The number of nitrogens with zero attached hydrogens (tertiary/aromatic N) is 1. The Bertz CT molecular complexity index is 987. The van der Waals surface area contributed by atoms with E-state index in [9.17, 15) is 18.8 Å². The number of carbonyl (C=O) groups is 3. The molecule has 0 aromatic heterocycles. The van der Waals surface area contributed by atoms with E-state index in [0.717, 1.165) is 30.5 Å². The smallest absolute Gasteiger partial charge is 0.312 e. The Morgan fingerprint density at radius 3 is 2.55 bits per heavy atom. The molecule has 0 spiro atoms. The van der Waals surface area contributed by atoms with Crippen LogP contribution in [-0.2, 0) is 25.5 Å². The van der Waals surface area contributed by atoms with Gasteiger partial charge in [-0.2, -0.15) is 0 Å². The maximum atomic E-state index is 13.3. The summed E-state index contributed by atoms with van der Waals surface area (Å²) in [7, 11) is 0. The number of rotatable bonds is 7. The van der Waals surface area contributed by atoms with Gasteiger partial charge < -0.3 is 15.0 Å². The summed E-state index contributed by atoms with van der Waals surface area (Å²) in [5.74, 6) is -2.30. The van der Waals surface area contributed by atoms with Crippen molar-refractivity contribution in [2.24, 2.45) is 5.92 Å². The average molecular weight is 424 g/mol. The van der Waals surface area contributed by atoms with Crippen molar-refractivity contribution in [3.8, 4) is 0 Å². The van der Waals surface area contributed by atoms with E-state index in [4.69, 9.17) is 4.74 Å². The average Bonchev–Trinajstić information content (AvgIpc) is 3.50. The molecule has 0 bridgehead atoms. The molecule has 1 saturated carbocycles. The van der Waals surface area contributed by atoms with E-state index in [1.807, 2.05) is 31.2 Å². The van der Waals surface area contributed by atoms with Crippen LogP contribution < -0.4 is 10.2 Å². The van der Waals surface area contributed by atoms with Crippen LogP contribution in [0.5, 0.6) is 0 Å². The molecule has 2 aromatic rings. The molecule has 4 rings (SSSR count). The van der Waals surface area contributed by atoms with E-state index >= 15 is 0 Å². The molecule has 6 nitrogen and oxygen atoms in total. The quantitative estimate of drug-likeness (QED) is 0.692. The Kier molecular flexibility index (Phi) is 6.02. The first-order chi connectivity index (χ1) is 15.0. The highest BCUT2D eigenvalue weighted by Crippen LogP contribution is 2.31. The van der Waals surface area contributed by atoms with Crippen molar-refractivity contribution in [3.63, 3.8) is 0 Å². The van der Waals surface area contributed by atoms with Crippen molar-refractivity contribution in [1.29, 1.82) is 0 Å². The molecule has 1 N–H and O–H groups in total. The normalized spacial score (nSPS) is 19.2. The Morgan fingerprint density at radius 1 is 1.16 bits per heavy atom. The van der Waals surface area contributed by atoms with Crippen LogP contribution in [0.15, 0.2) is 48.5 Å². The fourth-order valence-corrected chi connectivity index (χ4v) is 3.80. The highest BCUT2D eigenvalue weighted by molar-refractivity contribution is 6.00. The van der Waals surface area contributed by atoms with Crippen molar-refractivity contribution < 1.29 is 23.5 Å². The summed E-state index contributed by atoms with van der Waals surface area (Å²) in [6.45, 7) is 2.21. The predicted molar refractivity (Wildman–Crippen MR) is 113 cm³/mol. The van der Waals surface area contributed by atoms with Gasteiger partial charge in [0.15, 0.2) is 0 Å². The summed E-state index contributed by atoms with van der Waals surface area (Å²) in [6.07, 6.45) is 1.39. The summed E-state index contributed by atoms with van der Waals surface area (Å²) in [5, 5.41) is 2.83. The predicted octanol–water partition coefficient (Wildman–Crippen LogP) is 3.30. The highest BCUT2D eigenvalue weighted by Gasteiger charge is 2.39. The Balaban J connectivity index is 1.49. The van der Waals surface area contributed by atoms with Crippen LogP contribution in [0.4, 0.5) is 10.1 Å². The lowest BCUT2D eigenvalue weighted by Gasteiger charge is -2.21. The zero-order valence-electron chi connectivity index (χ0n) is 17.3. The zero-order valence-corrected chi connectivity index (χ0v) is 17.3. The standard InChI is InChI=1S/C24H25FN2O4/c1-2-15-5-3-4-6-20(15)27-14-17(13-21(27)28)24(30)31-22(23(29)26-19-11-12-19)16-7-9-18(25)10-8-16/h3-10,17,19,22H,2,11-14H2,1H3,(H,26,29). The third-order valence-electron chi connectivity index (χ3n) is 5.69. The van der Waals surface area contributed by atoms with Crippen LogP contribution in [-0.4, -0.2) is 30.4 Å². The van der Waals surface area contributed by atoms with Gasteiger partial charge in [-0.3, -0.25) is 14.4 Å². The van der Waals surface area contributed by atoms with E-state index in [-0.39, 0.29) is 24.9 Å². The van der Waals surface area contributed by atoms with Gasteiger partial charge in [-0.15, -0.1) is 0 Å². The largest absolute Gasteiger partial charge is 0.447 e. The first-order valence-corrected chi connectivity index (χ1v) is 10.6. The molecule has 0 radical (unpaired) electrons. The number of anilines is 1. The third-order valence-corrected chi connectivity index (χ3v) is 5.69. The van der Waals surface area contributed by atoms with Crippen LogP contribution >= 0.6 is 0 Å². The summed E-state index contributed by atoms with van der Waals surface area (Å²) >= 11 is 0. The van der Waals surface area contributed by atoms with E-state index in [1.54, 1.807) is 4.90 Å². The number of hydrogen-bond donors (Lipinski definition) is 1. The number of amides is 2. The number of esters is 1. The molecule has 162 valence electrons. The number of aryl methyl sites for hydroxylation is 1. The van der Waals surface area contributed by atoms with Gasteiger partial charge in [-0.05, 0) is 43.0 Å². The van der Waals surface area contributed by atoms with Gasteiger partial charge in [-0.1, -0.05) is 37.3 Å². The summed E-state index contributed by atoms with van der Waals surface area (Å²) in [5.41, 5.74) is 2.22. The highest BCUT2D eigenvalue weighted by atomic mass is 19.1. The van der Waals surface area contributed by atoms with E-state index < -0.39 is 29.7 Å². The molecule has 2 amide bonds. The lowest BCUT2D eigenvalue weighted by Crippen LogP contribution is -2.35. The minimum Gasteiger partial charge on any atom is -0.447 e. The summed E-state index contributed by atoms with van der Waals surface area (Å²) in [6, 6.07) is 13.0. The van der Waals surface area contributed by atoms with Crippen molar-refractivity contribution in [2.75, 3.05) is 11.4 Å². The van der Waals surface area contributed by atoms with Gasteiger partial charge in [0.1, 0.15) is 5.82 Å². The molecule has 2 aromatic carbocycles. The summed E-state index contributed by atoms with van der Waals surface area (Å²) in [4.78, 5) is 39.9. The molecule has 2 unspecified atom stereocenters. The molecular formula is C24H25FN2O4. The van der Waals surface area contributed by atoms with E-state index in [0.29, 0.717) is 5.56 Å². The minimum atomic E-state index is -1.18. The molecule has 2 aliphatic rings. The molecule has 31 heavy (non-hydrogen) atoms. The molecule has 2 fully saturated rings. The number of para-hydroxylation sites is 1. The monoisotopic (exact) mass is 424 g/mol. The second-order valence-electron chi connectivity index (χ2n) is 8.04. The number of nitrogens with one attached hydrogen (secondary N) is 1. The Hall–Kier alpha value is -3.22. The van der Waals surface area contributed by atoms with Gasteiger partial charge in [0, 0.05) is 30.3 Å². The summed E-state index contributed by atoms with van der Waals surface area (Å²) < 4.78 is 18.9. The third kappa shape index (κ3) is 4.76. The second kappa shape index (κ2) is 8.88. The van der Waals surface area contributed by atoms with Crippen LogP contribution in [0.2, 0.25) is 0 Å². The lowest BCUT2D eigenvalue weighted by atomic mass is 10.1. The molecule has 1 heterocycles. The Morgan fingerprint density at radius 2 is 1.87 bits per heavy atom. The lowest BCUT2D eigenvalue weighted by molar-refractivity contribution is -0.160. The number of ether oxygens (including phenoxy) is 1. The van der Waals surface area contributed by atoms with Crippen LogP contribution in [0.25, 0.3) is 0 Å². The molecule has 2 atom stereocenters. The van der Waals surface area contributed by atoms with E-state index in [1.165, 1.54) is 24.3 Å². The van der Waals surface area contributed by atoms with Crippen molar-refractivity contribution >= 4 is 23.5 Å². The number of hydrogen-bond acceptors (Lipinski definition) is 4. The van der Waals surface area contributed by atoms with Gasteiger partial charge in [0.2, 0.25) is 12.0 Å². The Labute approximate surface area is 180 Å². The van der Waals surface area contributed by atoms with Crippen molar-refractivity contribution in [3.05, 3.63) is 65.5 Å². The molecule has 1 saturated heterocycles. The topological polar surface area (TPSA) is 75.7 Å². The number of benzene rings is 2. The zero-order chi connectivity index (χ0) is 22.0. The molecule has 1 aliphatic carbocycles. The van der Waals surface area contributed by atoms with Gasteiger partial charge >= 0.3 is 5.97 Å². The fourth-order valence-electron chi connectivity index (χ4n) is 3.80. The minimum absolute atomic E-state index is 0.0251. The van der Waals surface area contributed by atoms with Gasteiger partial charge in [-0.25, -0.2) is 4.39 Å². The van der Waals surface area contributed by atoms with Gasteiger partial charge in [0.05, 0.1) is 5.92 Å². The van der Waals surface area contributed by atoms with Crippen LogP contribution in [0, 0.1) is 11.7 Å². The molecule has 7 heteroatoms. The van der Waals surface area contributed by atoms with Crippen LogP contribution in [0.1, 0.15) is 43.4 Å². The van der Waals surface area contributed by atoms with E-state index in [2.05, 4.69) is 5.32 Å². The van der Waals surface area contributed by atoms with Crippen molar-refractivity contribution in [2.45, 2.75) is 44.8 Å². The number of carbonyl (C=O) groups excluding carboxylic acids is 3. The first kappa shape index (κ1) is 21.0. The SMILES string of the molecule is CCc1ccccc1N1CC(C(=O)OC(C(=O)NC2CC2)c2ccc(F)cc2)CC1=O. The molecular weight excluding hydrogens is 399 g/mol. The van der Waals surface area contributed by atoms with Gasteiger partial charge in [0.25, 0.3) is 5.91 Å².